The molecular weight excluding hydrogens is 244 g/mol. The Morgan fingerprint density at radius 1 is 0.850 bits per heavy atom. The first-order valence-corrected chi connectivity index (χ1v) is 7.49. The molecule has 2 rings (SSSR count). The van der Waals surface area contributed by atoms with E-state index in [9.17, 15) is 0 Å². The first-order chi connectivity index (χ1) is 9.88. The number of rotatable bonds is 8. The van der Waals surface area contributed by atoms with Gasteiger partial charge in [0.2, 0.25) is 0 Å². The van der Waals surface area contributed by atoms with E-state index in [1.165, 1.54) is 24.8 Å². The van der Waals surface area contributed by atoms with Crippen LogP contribution in [0.25, 0.3) is 0 Å². The lowest BCUT2D eigenvalue weighted by molar-refractivity contribution is 0.313. The quantitative estimate of drug-likeness (QED) is 0.551. The van der Waals surface area contributed by atoms with Crippen LogP contribution < -0.4 is 5.43 Å². The molecule has 0 atom stereocenters. The van der Waals surface area contributed by atoms with E-state index in [1.807, 2.05) is 6.07 Å². The summed E-state index contributed by atoms with van der Waals surface area (Å²) >= 11 is 0. The summed E-state index contributed by atoms with van der Waals surface area (Å²) in [5.74, 6) is 0. The number of nitrogens with one attached hydrogen (secondary N) is 1. The van der Waals surface area contributed by atoms with Crippen molar-refractivity contribution >= 4 is 5.69 Å². The largest absolute Gasteiger partial charge is 0.319 e. The molecule has 2 nitrogen and oxygen atoms in total. The molecule has 0 aliphatic carbocycles. The monoisotopic (exact) mass is 268 g/mol. The lowest BCUT2D eigenvalue weighted by Gasteiger charge is -2.24. The highest BCUT2D eigenvalue weighted by Crippen LogP contribution is 2.11. The van der Waals surface area contributed by atoms with Gasteiger partial charge in [-0.1, -0.05) is 68.3 Å². The van der Waals surface area contributed by atoms with E-state index in [4.69, 9.17) is 0 Å². The van der Waals surface area contributed by atoms with Crippen LogP contribution >= 0.6 is 0 Å². The third kappa shape index (κ3) is 5.06. The third-order valence-electron chi connectivity index (χ3n) is 3.31. The highest BCUT2D eigenvalue weighted by Gasteiger charge is 2.05. The van der Waals surface area contributed by atoms with Crippen molar-refractivity contribution in [1.82, 2.24) is 5.01 Å². The summed E-state index contributed by atoms with van der Waals surface area (Å²) in [7, 11) is 0. The number of para-hydroxylation sites is 1. The van der Waals surface area contributed by atoms with Gasteiger partial charge in [-0.15, -0.1) is 0 Å². The molecule has 0 fully saturated rings. The maximum atomic E-state index is 3.52. The minimum absolute atomic E-state index is 0.930. The second kappa shape index (κ2) is 8.39. The van der Waals surface area contributed by atoms with E-state index in [0.717, 1.165) is 18.8 Å². The Hall–Kier alpha value is -1.80. The topological polar surface area (TPSA) is 15.3 Å². The highest BCUT2D eigenvalue weighted by molar-refractivity contribution is 5.41. The molecule has 106 valence electrons. The van der Waals surface area contributed by atoms with Crippen molar-refractivity contribution in [2.24, 2.45) is 0 Å². The Bertz CT molecular complexity index is 426. The van der Waals surface area contributed by atoms with E-state index < -0.39 is 0 Å². The fourth-order valence-electron chi connectivity index (χ4n) is 2.23. The first kappa shape index (κ1) is 14.6. The molecule has 2 aromatic rings. The maximum Gasteiger partial charge on any atom is 0.0490 e. The van der Waals surface area contributed by atoms with E-state index in [-0.39, 0.29) is 0 Å². The van der Waals surface area contributed by atoms with Gasteiger partial charge in [0.05, 0.1) is 0 Å². The summed E-state index contributed by atoms with van der Waals surface area (Å²) in [5, 5.41) is 2.31. The molecule has 1 N–H and O–H groups in total. The van der Waals surface area contributed by atoms with Crippen molar-refractivity contribution in [3.05, 3.63) is 66.2 Å². The Labute approximate surface area is 122 Å². The van der Waals surface area contributed by atoms with Gasteiger partial charge >= 0.3 is 0 Å². The second-order valence-electron chi connectivity index (χ2n) is 5.09. The third-order valence-corrected chi connectivity index (χ3v) is 3.31. The molecule has 2 aromatic carbocycles. The Morgan fingerprint density at radius 2 is 1.50 bits per heavy atom. The van der Waals surface area contributed by atoms with Gasteiger partial charge in [0.25, 0.3) is 0 Å². The minimum Gasteiger partial charge on any atom is -0.319 e. The Morgan fingerprint density at radius 3 is 2.15 bits per heavy atom. The molecule has 0 bridgehead atoms. The van der Waals surface area contributed by atoms with Crippen molar-refractivity contribution in [1.29, 1.82) is 0 Å². The van der Waals surface area contributed by atoms with E-state index in [2.05, 4.69) is 72.0 Å². The smallest absolute Gasteiger partial charge is 0.0490 e. The summed E-state index contributed by atoms with van der Waals surface area (Å²) < 4.78 is 0. The number of unbranched alkanes of at least 4 members (excludes halogenated alkanes) is 2. The highest BCUT2D eigenvalue weighted by atomic mass is 15.5. The molecule has 0 unspecified atom stereocenters. The number of anilines is 1. The predicted octanol–water partition coefficient (Wildman–Crippen LogP) is 4.71. The van der Waals surface area contributed by atoms with Crippen molar-refractivity contribution in [3.8, 4) is 0 Å². The summed E-state index contributed by atoms with van der Waals surface area (Å²) in [6.45, 7) is 4.24. The van der Waals surface area contributed by atoms with Gasteiger partial charge in [0.15, 0.2) is 0 Å². The molecular formula is C18H24N2. The zero-order valence-corrected chi connectivity index (χ0v) is 12.3. The average Bonchev–Trinajstić information content (AvgIpc) is 2.49. The summed E-state index contributed by atoms with van der Waals surface area (Å²) in [4.78, 5) is 0. The molecule has 0 spiro atoms. The fraction of sp³-hybridized carbons (Fsp3) is 0.333. The van der Waals surface area contributed by atoms with E-state index in [0.29, 0.717) is 0 Å². The van der Waals surface area contributed by atoms with Crippen LogP contribution in [-0.2, 0) is 6.54 Å². The van der Waals surface area contributed by atoms with Crippen LogP contribution in [0.2, 0.25) is 0 Å². The summed E-state index contributed by atoms with van der Waals surface area (Å²) in [6.07, 6.45) is 3.76. The fourth-order valence-corrected chi connectivity index (χ4v) is 2.23. The number of nitrogens with zero attached hydrogens (tertiary/aromatic N) is 1. The molecule has 0 aliphatic rings. The summed E-state index contributed by atoms with van der Waals surface area (Å²) in [6, 6.07) is 21.0. The van der Waals surface area contributed by atoms with Crippen molar-refractivity contribution in [2.45, 2.75) is 32.7 Å². The first-order valence-electron chi connectivity index (χ1n) is 7.49. The number of hydrazine groups is 1. The normalized spacial score (nSPS) is 10.7. The van der Waals surface area contributed by atoms with Crippen LogP contribution in [0.1, 0.15) is 31.7 Å². The van der Waals surface area contributed by atoms with Gasteiger partial charge in [0.1, 0.15) is 0 Å². The molecule has 0 heterocycles. The average molecular weight is 268 g/mol. The Balaban J connectivity index is 1.96. The predicted molar refractivity (Wildman–Crippen MR) is 86.4 cm³/mol. The van der Waals surface area contributed by atoms with Gasteiger partial charge in [-0.05, 0) is 24.1 Å². The van der Waals surface area contributed by atoms with Crippen molar-refractivity contribution in [2.75, 3.05) is 12.0 Å². The van der Waals surface area contributed by atoms with Gasteiger partial charge < -0.3 is 5.43 Å². The standard InChI is InChI=1S/C18H24N2/c1-2-3-10-15-20(16-17-11-6-4-7-12-17)19-18-13-8-5-9-14-18/h4-9,11-14,19H,2-3,10,15-16H2,1H3. The molecule has 20 heavy (non-hydrogen) atoms. The molecule has 0 aliphatic heterocycles. The van der Waals surface area contributed by atoms with Crippen molar-refractivity contribution < 1.29 is 0 Å². The molecule has 0 saturated heterocycles. The minimum atomic E-state index is 0.930. The van der Waals surface area contributed by atoms with Crippen LogP contribution in [-0.4, -0.2) is 11.6 Å². The van der Waals surface area contributed by atoms with Crippen LogP contribution in [0, 0.1) is 0 Å². The lowest BCUT2D eigenvalue weighted by Crippen LogP contribution is -2.30. The number of hydrogen-bond donors (Lipinski definition) is 1. The van der Waals surface area contributed by atoms with E-state index in [1.54, 1.807) is 0 Å². The van der Waals surface area contributed by atoms with E-state index >= 15 is 0 Å². The zero-order valence-electron chi connectivity index (χ0n) is 12.3. The van der Waals surface area contributed by atoms with Crippen LogP contribution in [0.4, 0.5) is 5.69 Å². The lowest BCUT2D eigenvalue weighted by atomic mass is 10.2. The van der Waals surface area contributed by atoms with Gasteiger partial charge in [0, 0.05) is 18.8 Å². The second-order valence-corrected chi connectivity index (χ2v) is 5.09. The summed E-state index contributed by atoms with van der Waals surface area (Å²) in [5.41, 5.74) is 6.01. The molecule has 0 aromatic heterocycles. The molecule has 0 saturated carbocycles. The Kier molecular flexibility index (Phi) is 6.12. The SMILES string of the molecule is CCCCCN(Cc1ccccc1)Nc1ccccc1. The molecule has 0 amide bonds. The van der Waals surface area contributed by atoms with Crippen molar-refractivity contribution in [3.63, 3.8) is 0 Å². The number of hydrogen-bond acceptors (Lipinski definition) is 2. The van der Waals surface area contributed by atoms with Crippen LogP contribution in [0.15, 0.2) is 60.7 Å². The zero-order chi connectivity index (χ0) is 14.0. The van der Waals surface area contributed by atoms with Gasteiger partial charge in [-0.3, -0.25) is 0 Å². The van der Waals surface area contributed by atoms with Gasteiger partial charge in [-0.25, -0.2) is 5.01 Å². The van der Waals surface area contributed by atoms with Crippen LogP contribution in [0.3, 0.4) is 0 Å². The maximum absolute atomic E-state index is 3.52. The van der Waals surface area contributed by atoms with Gasteiger partial charge in [-0.2, -0.15) is 0 Å². The number of benzene rings is 2. The van der Waals surface area contributed by atoms with Crippen LogP contribution in [0.5, 0.6) is 0 Å². The molecule has 2 heteroatoms. The molecule has 0 radical (unpaired) electrons.